The fourth-order valence-electron chi connectivity index (χ4n) is 1.02. The minimum Gasteiger partial charge on any atom is -0.480 e. The van der Waals surface area contributed by atoms with Crippen LogP contribution >= 0.6 is 0 Å². The summed E-state index contributed by atoms with van der Waals surface area (Å²) in [7, 11) is 0. The van der Waals surface area contributed by atoms with E-state index in [1.54, 1.807) is 13.8 Å². The van der Waals surface area contributed by atoms with Crippen molar-refractivity contribution in [1.82, 2.24) is 10.6 Å². The van der Waals surface area contributed by atoms with Crippen LogP contribution in [-0.2, 0) is 9.59 Å². The van der Waals surface area contributed by atoms with Crippen LogP contribution in [0.15, 0.2) is 0 Å². The van der Waals surface area contributed by atoms with Crippen LogP contribution in [0.5, 0.6) is 0 Å². The van der Waals surface area contributed by atoms with Gasteiger partial charge in [-0.15, -0.1) is 6.42 Å². The molecular weight excluding hydrogens is 196 g/mol. The molecule has 5 heteroatoms. The van der Waals surface area contributed by atoms with Crippen molar-refractivity contribution in [3.05, 3.63) is 0 Å². The SMILES string of the molecule is C#CCNC(=O)CNC(C(=O)O)C(C)C. The van der Waals surface area contributed by atoms with Gasteiger partial charge >= 0.3 is 5.97 Å². The van der Waals surface area contributed by atoms with Gasteiger partial charge in [0.05, 0.1) is 13.1 Å². The number of rotatable bonds is 6. The van der Waals surface area contributed by atoms with E-state index in [1.165, 1.54) is 0 Å². The standard InChI is InChI=1S/C10H16N2O3/c1-4-5-11-8(13)6-12-9(7(2)3)10(14)15/h1,7,9,12H,5-6H2,2-3H3,(H,11,13)(H,14,15). The minimum absolute atomic E-state index is 0.0448. The molecule has 0 aliphatic rings. The van der Waals surface area contributed by atoms with E-state index < -0.39 is 12.0 Å². The lowest BCUT2D eigenvalue weighted by Gasteiger charge is -2.17. The number of hydrogen-bond donors (Lipinski definition) is 3. The molecule has 84 valence electrons. The number of carboxylic acids is 1. The third-order valence-corrected chi connectivity index (χ3v) is 1.80. The maximum atomic E-state index is 11.1. The van der Waals surface area contributed by atoms with Gasteiger partial charge in [0.2, 0.25) is 5.91 Å². The summed E-state index contributed by atoms with van der Waals surface area (Å²) in [5, 5.41) is 13.9. The number of nitrogens with one attached hydrogen (secondary N) is 2. The van der Waals surface area contributed by atoms with Crippen molar-refractivity contribution >= 4 is 11.9 Å². The predicted molar refractivity (Wildman–Crippen MR) is 56.1 cm³/mol. The Kier molecular flexibility index (Phi) is 6.14. The number of carbonyl (C=O) groups excluding carboxylic acids is 1. The molecule has 0 saturated carbocycles. The zero-order valence-corrected chi connectivity index (χ0v) is 8.91. The first kappa shape index (κ1) is 13.5. The number of aliphatic carboxylic acids is 1. The molecule has 0 aliphatic heterocycles. The van der Waals surface area contributed by atoms with Gasteiger partial charge in [-0.2, -0.15) is 0 Å². The summed E-state index contributed by atoms with van der Waals surface area (Å²) in [4.78, 5) is 21.8. The number of carbonyl (C=O) groups is 2. The van der Waals surface area contributed by atoms with Gasteiger partial charge in [0.15, 0.2) is 0 Å². The summed E-state index contributed by atoms with van der Waals surface area (Å²) in [5.74, 6) is 0.906. The molecule has 0 aromatic rings. The second-order valence-electron chi connectivity index (χ2n) is 3.42. The number of amides is 1. The Hall–Kier alpha value is -1.54. The molecule has 1 atom stereocenters. The molecule has 1 amide bonds. The minimum atomic E-state index is -0.963. The molecule has 0 aromatic heterocycles. The Morgan fingerprint density at radius 2 is 2.07 bits per heavy atom. The first-order valence-electron chi connectivity index (χ1n) is 4.65. The van der Waals surface area contributed by atoms with Gasteiger partial charge in [0, 0.05) is 0 Å². The van der Waals surface area contributed by atoms with Gasteiger partial charge in [0.1, 0.15) is 6.04 Å². The van der Waals surface area contributed by atoms with E-state index >= 15 is 0 Å². The quantitative estimate of drug-likeness (QED) is 0.515. The number of carboxylic acid groups (broad SMARTS) is 1. The summed E-state index contributed by atoms with van der Waals surface area (Å²) in [6.45, 7) is 3.65. The van der Waals surface area contributed by atoms with Crippen molar-refractivity contribution in [3.63, 3.8) is 0 Å². The van der Waals surface area contributed by atoms with Crippen LogP contribution in [-0.4, -0.2) is 36.1 Å². The Morgan fingerprint density at radius 1 is 1.47 bits per heavy atom. The van der Waals surface area contributed by atoms with E-state index in [4.69, 9.17) is 11.5 Å². The molecule has 0 radical (unpaired) electrons. The highest BCUT2D eigenvalue weighted by Crippen LogP contribution is 2.00. The summed E-state index contributed by atoms with van der Waals surface area (Å²) in [6.07, 6.45) is 4.95. The Labute approximate surface area is 89.2 Å². The largest absolute Gasteiger partial charge is 0.480 e. The van der Waals surface area contributed by atoms with Crippen LogP contribution in [0.25, 0.3) is 0 Å². The zero-order chi connectivity index (χ0) is 11.8. The van der Waals surface area contributed by atoms with Crippen LogP contribution < -0.4 is 10.6 Å². The van der Waals surface area contributed by atoms with Crippen molar-refractivity contribution in [2.45, 2.75) is 19.9 Å². The lowest BCUT2D eigenvalue weighted by molar-refractivity contribution is -0.140. The molecule has 15 heavy (non-hydrogen) atoms. The Balaban J connectivity index is 3.96. The maximum Gasteiger partial charge on any atom is 0.320 e. The van der Waals surface area contributed by atoms with Crippen molar-refractivity contribution in [2.75, 3.05) is 13.1 Å². The van der Waals surface area contributed by atoms with E-state index in [0.29, 0.717) is 0 Å². The summed E-state index contributed by atoms with van der Waals surface area (Å²) >= 11 is 0. The van der Waals surface area contributed by atoms with E-state index in [9.17, 15) is 9.59 Å². The van der Waals surface area contributed by atoms with Crippen LogP contribution in [0.4, 0.5) is 0 Å². The van der Waals surface area contributed by atoms with Crippen LogP contribution in [0.3, 0.4) is 0 Å². The molecule has 0 aromatic carbocycles. The highest BCUT2D eigenvalue weighted by Gasteiger charge is 2.21. The molecule has 0 rings (SSSR count). The number of hydrogen-bond acceptors (Lipinski definition) is 3. The van der Waals surface area contributed by atoms with Crippen LogP contribution in [0.1, 0.15) is 13.8 Å². The van der Waals surface area contributed by atoms with E-state index in [2.05, 4.69) is 16.6 Å². The summed E-state index contributed by atoms with van der Waals surface area (Å²) in [5.41, 5.74) is 0. The molecular formula is C10H16N2O3. The summed E-state index contributed by atoms with van der Waals surface area (Å²) in [6, 6.07) is -0.721. The average molecular weight is 212 g/mol. The molecule has 5 nitrogen and oxygen atoms in total. The van der Waals surface area contributed by atoms with Gasteiger partial charge in [0.25, 0.3) is 0 Å². The number of terminal acetylenes is 1. The zero-order valence-electron chi connectivity index (χ0n) is 8.91. The van der Waals surface area contributed by atoms with Gasteiger partial charge < -0.3 is 10.4 Å². The smallest absolute Gasteiger partial charge is 0.320 e. The molecule has 1 unspecified atom stereocenters. The van der Waals surface area contributed by atoms with Gasteiger partial charge in [-0.05, 0) is 5.92 Å². The first-order chi connectivity index (χ1) is 6.99. The van der Waals surface area contributed by atoms with Gasteiger partial charge in [-0.25, -0.2) is 0 Å². The van der Waals surface area contributed by atoms with Gasteiger partial charge in [-0.3, -0.25) is 14.9 Å². The average Bonchev–Trinajstić information content (AvgIpc) is 2.13. The van der Waals surface area contributed by atoms with Crippen molar-refractivity contribution in [1.29, 1.82) is 0 Å². The molecule has 0 saturated heterocycles. The second kappa shape index (κ2) is 6.85. The molecule has 3 N–H and O–H groups in total. The predicted octanol–water partition coefficient (Wildman–Crippen LogP) is -0.565. The van der Waals surface area contributed by atoms with Crippen LogP contribution in [0.2, 0.25) is 0 Å². The fraction of sp³-hybridized carbons (Fsp3) is 0.600. The topological polar surface area (TPSA) is 78.4 Å². The molecule has 0 fully saturated rings. The highest BCUT2D eigenvalue weighted by molar-refractivity contribution is 5.80. The molecule has 0 heterocycles. The fourth-order valence-corrected chi connectivity index (χ4v) is 1.02. The summed E-state index contributed by atoms with van der Waals surface area (Å²) < 4.78 is 0. The highest BCUT2D eigenvalue weighted by atomic mass is 16.4. The lowest BCUT2D eigenvalue weighted by Crippen LogP contribution is -2.45. The normalized spacial score (nSPS) is 11.9. The Morgan fingerprint density at radius 3 is 2.47 bits per heavy atom. The van der Waals surface area contributed by atoms with Gasteiger partial charge in [-0.1, -0.05) is 19.8 Å². The van der Waals surface area contributed by atoms with E-state index in [-0.39, 0.29) is 24.9 Å². The van der Waals surface area contributed by atoms with Crippen LogP contribution in [0, 0.1) is 18.3 Å². The van der Waals surface area contributed by atoms with Crippen molar-refractivity contribution in [2.24, 2.45) is 5.92 Å². The molecule has 0 spiro atoms. The third-order valence-electron chi connectivity index (χ3n) is 1.80. The molecule has 0 aliphatic carbocycles. The van der Waals surface area contributed by atoms with Crippen molar-refractivity contribution < 1.29 is 14.7 Å². The molecule has 0 bridgehead atoms. The lowest BCUT2D eigenvalue weighted by atomic mass is 10.1. The van der Waals surface area contributed by atoms with E-state index in [0.717, 1.165) is 0 Å². The monoisotopic (exact) mass is 212 g/mol. The first-order valence-corrected chi connectivity index (χ1v) is 4.65. The van der Waals surface area contributed by atoms with E-state index in [1.807, 2.05) is 0 Å². The second-order valence-corrected chi connectivity index (χ2v) is 3.42. The third kappa shape index (κ3) is 5.70. The van der Waals surface area contributed by atoms with Crippen molar-refractivity contribution in [3.8, 4) is 12.3 Å². The Bertz CT molecular complexity index is 268. The maximum absolute atomic E-state index is 11.1.